The average molecular weight is 287 g/mol. The SMILES string of the molecule is Cc1cccc(C(O)c2ccc(C3CCC3)cc2)c1Cl. The van der Waals surface area contributed by atoms with E-state index in [1.165, 1.54) is 24.8 Å². The molecule has 0 radical (unpaired) electrons. The van der Waals surface area contributed by atoms with E-state index < -0.39 is 6.10 Å². The van der Waals surface area contributed by atoms with Gasteiger partial charge in [0.1, 0.15) is 6.10 Å². The Bertz CT molecular complexity index is 599. The van der Waals surface area contributed by atoms with E-state index in [0.29, 0.717) is 5.02 Å². The van der Waals surface area contributed by atoms with Crippen molar-refractivity contribution in [3.8, 4) is 0 Å². The van der Waals surface area contributed by atoms with Gasteiger partial charge in [-0.05, 0) is 42.4 Å². The van der Waals surface area contributed by atoms with Gasteiger partial charge in [-0.25, -0.2) is 0 Å². The van der Waals surface area contributed by atoms with E-state index in [9.17, 15) is 5.11 Å². The molecule has 1 aliphatic carbocycles. The number of halogens is 1. The molecule has 1 unspecified atom stereocenters. The van der Waals surface area contributed by atoms with Gasteiger partial charge in [0.2, 0.25) is 0 Å². The van der Waals surface area contributed by atoms with Crippen molar-refractivity contribution in [3.63, 3.8) is 0 Å². The summed E-state index contributed by atoms with van der Waals surface area (Å²) in [5.74, 6) is 0.726. The lowest BCUT2D eigenvalue weighted by Gasteiger charge is -2.26. The fraction of sp³-hybridized carbons (Fsp3) is 0.333. The number of hydrogen-bond donors (Lipinski definition) is 1. The van der Waals surface area contributed by atoms with Crippen LogP contribution >= 0.6 is 11.6 Å². The first-order chi connectivity index (χ1) is 9.66. The summed E-state index contributed by atoms with van der Waals surface area (Å²) in [6.07, 6.45) is 3.28. The minimum absolute atomic E-state index is 0.655. The van der Waals surface area contributed by atoms with Crippen molar-refractivity contribution in [3.05, 3.63) is 69.7 Å². The molecule has 3 rings (SSSR count). The first-order valence-corrected chi connectivity index (χ1v) is 7.57. The second-order valence-corrected chi connectivity index (χ2v) is 6.05. The van der Waals surface area contributed by atoms with Crippen molar-refractivity contribution in [2.75, 3.05) is 0 Å². The summed E-state index contributed by atoms with van der Waals surface area (Å²) in [4.78, 5) is 0. The number of aliphatic hydroxyl groups is 1. The van der Waals surface area contributed by atoms with E-state index in [1.807, 2.05) is 37.3 Å². The Morgan fingerprint density at radius 1 is 1.10 bits per heavy atom. The second kappa shape index (κ2) is 5.59. The van der Waals surface area contributed by atoms with Crippen LogP contribution in [0.15, 0.2) is 42.5 Å². The van der Waals surface area contributed by atoms with E-state index in [2.05, 4.69) is 12.1 Å². The lowest BCUT2D eigenvalue weighted by molar-refractivity contribution is 0.220. The molecular weight excluding hydrogens is 268 g/mol. The molecule has 0 aromatic heterocycles. The standard InChI is InChI=1S/C18H19ClO/c1-12-4-2-7-16(17(12)19)18(20)15-10-8-14(9-11-15)13-5-3-6-13/h2,4,7-11,13,18,20H,3,5-6H2,1H3. The summed E-state index contributed by atoms with van der Waals surface area (Å²) in [6, 6.07) is 14.1. The van der Waals surface area contributed by atoms with Gasteiger partial charge in [-0.1, -0.05) is 60.5 Å². The average Bonchev–Trinajstić information content (AvgIpc) is 2.40. The highest BCUT2D eigenvalue weighted by Crippen LogP contribution is 2.37. The third-order valence-electron chi connectivity index (χ3n) is 4.35. The monoisotopic (exact) mass is 286 g/mol. The quantitative estimate of drug-likeness (QED) is 0.842. The van der Waals surface area contributed by atoms with Crippen molar-refractivity contribution in [2.24, 2.45) is 0 Å². The Morgan fingerprint density at radius 3 is 2.40 bits per heavy atom. The van der Waals surface area contributed by atoms with Gasteiger partial charge < -0.3 is 5.11 Å². The summed E-state index contributed by atoms with van der Waals surface area (Å²) in [5, 5.41) is 11.2. The third-order valence-corrected chi connectivity index (χ3v) is 4.86. The van der Waals surface area contributed by atoms with Crippen LogP contribution in [0.2, 0.25) is 5.02 Å². The minimum atomic E-state index is -0.655. The van der Waals surface area contributed by atoms with Crippen molar-refractivity contribution < 1.29 is 5.11 Å². The molecule has 1 saturated carbocycles. The summed E-state index contributed by atoms with van der Waals surface area (Å²) in [7, 11) is 0. The zero-order valence-corrected chi connectivity index (χ0v) is 12.4. The zero-order chi connectivity index (χ0) is 14.1. The molecule has 2 heteroatoms. The van der Waals surface area contributed by atoms with Crippen LogP contribution in [-0.4, -0.2) is 5.11 Å². The van der Waals surface area contributed by atoms with Gasteiger partial charge in [-0.3, -0.25) is 0 Å². The molecule has 0 bridgehead atoms. The lowest BCUT2D eigenvalue weighted by Crippen LogP contribution is -2.09. The van der Waals surface area contributed by atoms with Crippen LogP contribution in [0.25, 0.3) is 0 Å². The van der Waals surface area contributed by atoms with Gasteiger partial charge in [0, 0.05) is 10.6 Å². The number of hydrogen-bond acceptors (Lipinski definition) is 1. The fourth-order valence-corrected chi connectivity index (χ4v) is 2.98. The molecule has 1 aliphatic rings. The molecule has 2 aromatic rings. The van der Waals surface area contributed by atoms with Gasteiger partial charge in [0.05, 0.1) is 0 Å². The Kier molecular flexibility index (Phi) is 3.82. The highest BCUT2D eigenvalue weighted by molar-refractivity contribution is 6.32. The maximum Gasteiger partial charge on any atom is 0.105 e. The van der Waals surface area contributed by atoms with Gasteiger partial charge >= 0.3 is 0 Å². The second-order valence-electron chi connectivity index (χ2n) is 5.68. The fourth-order valence-electron chi connectivity index (χ4n) is 2.75. The highest BCUT2D eigenvalue weighted by atomic mass is 35.5. The smallest absolute Gasteiger partial charge is 0.105 e. The van der Waals surface area contributed by atoms with E-state index in [1.54, 1.807) is 0 Å². The van der Waals surface area contributed by atoms with E-state index in [4.69, 9.17) is 11.6 Å². The number of aliphatic hydroxyl groups excluding tert-OH is 1. The molecule has 0 heterocycles. The highest BCUT2D eigenvalue weighted by Gasteiger charge is 2.20. The molecule has 1 nitrogen and oxygen atoms in total. The van der Waals surface area contributed by atoms with E-state index >= 15 is 0 Å². The molecule has 0 spiro atoms. The molecule has 2 aromatic carbocycles. The normalized spacial score (nSPS) is 16.8. The maximum atomic E-state index is 10.5. The van der Waals surface area contributed by atoms with Gasteiger partial charge in [-0.2, -0.15) is 0 Å². The van der Waals surface area contributed by atoms with Crippen LogP contribution in [0.3, 0.4) is 0 Å². The number of aryl methyl sites for hydroxylation is 1. The van der Waals surface area contributed by atoms with E-state index in [0.717, 1.165) is 22.6 Å². The largest absolute Gasteiger partial charge is 0.384 e. The molecule has 0 aliphatic heterocycles. The lowest BCUT2D eigenvalue weighted by atomic mass is 9.80. The summed E-state index contributed by atoms with van der Waals surface area (Å²) in [6.45, 7) is 1.96. The topological polar surface area (TPSA) is 20.2 Å². The van der Waals surface area contributed by atoms with Crippen LogP contribution in [0.4, 0.5) is 0 Å². The molecule has 0 amide bonds. The molecular formula is C18H19ClO. The molecule has 1 atom stereocenters. The van der Waals surface area contributed by atoms with Crippen molar-refractivity contribution in [1.29, 1.82) is 0 Å². The van der Waals surface area contributed by atoms with Crippen molar-refractivity contribution in [2.45, 2.75) is 38.2 Å². The molecule has 1 fully saturated rings. The van der Waals surface area contributed by atoms with Gasteiger partial charge in [0.25, 0.3) is 0 Å². The predicted molar refractivity (Wildman–Crippen MR) is 83.3 cm³/mol. The summed E-state index contributed by atoms with van der Waals surface area (Å²) >= 11 is 6.29. The van der Waals surface area contributed by atoms with Crippen LogP contribution < -0.4 is 0 Å². The van der Waals surface area contributed by atoms with Crippen molar-refractivity contribution in [1.82, 2.24) is 0 Å². The Hall–Kier alpha value is -1.31. The van der Waals surface area contributed by atoms with Gasteiger partial charge in [0.15, 0.2) is 0 Å². The summed E-state index contributed by atoms with van der Waals surface area (Å²) in [5.41, 5.74) is 4.07. The Balaban J connectivity index is 1.86. The number of rotatable bonds is 3. The predicted octanol–water partition coefficient (Wildman–Crippen LogP) is 5.00. The van der Waals surface area contributed by atoms with Crippen LogP contribution in [-0.2, 0) is 0 Å². The zero-order valence-electron chi connectivity index (χ0n) is 11.6. The molecule has 1 N–H and O–H groups in total. The van der Waals surface area contributed by atoms with E-state index in [-0.39, 0.29) is 0 Å². The van der Waals surface area contributed by atoms with Crippen molar-refractivity contribution >= 4 is 11.6 Å². The first-order valence-electron chi connectivity index (χ1n) is 7.20. The molecule has 0 saturated heterocycles. The van der Waals surface area contributed by atoms with Crippen LogP contribution in [0.1, 0.15) is 53.5 Å². The maximum absolute atomic E-state index is 10.5. The third kappa shape index (κ3) is 2.48. The van der Waals surface area contributed by atoms with Crippen LogP contribution in [0.5, 0.6) is 0 Å². The van der Waals surface area contributed by atoms with Gasteiger partial charge in [-0.15, -0.1) is 0 Å². The molecule has 104 valence electrons. The minimum Gasteiger partial charge on any atom is -0.384 e. The Morgan fingerprint density at radius 2 is 1.80 bits per heavy atom. The van der Waals surface area contributed by atoms with Crippen LogP contribution in [0, 0.1) is 6.92 Å². The first kappa shape index (κ1) is 13.7. The Labute approximate surface area is 125 Å². The number of benzene rings is 2. The molecule has 20 heavy (non-hydrogen) atoms. The summed E-state index contributed by atoms with van der Waals surface area (Å²) < 4.78 is 0.